The van der Waals surface area contributed by atoms with Gasteiger partial charge in [0.1, 0.15) is 0 Å². The predicted octanol–water partition coefficient (Wildman–Crippen LogP) is 4.20. The number of halogens is 1. The molecule has 1 aromatic heterocycles. The molecule has 0 fully saturated rings. The van der Waals surface area contributed by atoms with Gasteiger partial charge in [0.15, 0.2) is 15.8 Å². The maximum absolute atomic E-state index is 12.3. The molecule has 162 valence electrons. The van der Waals surface area contributed by atoms with E-state index in [1.54, 1.807) is 11.3 Å². The van der Waals surface area contributed by atoms with Crippen LogP contribution in [0.15, 0.2) is 52.8 Å². The Morgan fingerprint density at radius 2 is 1.83 bits per heavy atom. The Labute approximate surface area is 196 Å². The summed E-state index contributed by atoms with van der Waals surface area (Å²) in [6, 6.07) is 13.5. The van der Waals surface area contributed by atoms with Crippen molar-refractivity contribution in [2.24, 2.45) is 4.99 Å². The summed E-state index contributed by atoms with van der Waals surface area (Å²) in [5.41, 5.74) is 0.802. The molecular weight excluding hydrogens is 517 g/mol. The minimum Gasteiger partial charge on any atom is -0.357 e. The van der Waals surface area contributed by atoms with Crippen LogP contribution in [0.4, 0.5) is 0 Å². The number of thiophene rings is 1. The second kappa shape index (κ2) is 12.5. The van der Waals surface area contributed by atoms with Crippen molar-refractivity contribution in [2.75, 3.05) is 25.4 Å². The van der Waals surface area contributed by atoms with Crippen molar-refractivity contribution in [1.29, 1.82) is 0 Å². The van der Waals surface area contributed by atoms with E-state index in [2.05, 4.69) is 42.0 Å². The first-order valence-electron chi connectivity index (χ1n) is 9.63. The Morgan fingerprint density at radius 1 is 1.10 bits per heavy atom. The zero-order valence-electron chi connectivity index (χ0n) is 17.3. The van der Waals surface area contributed by atoms with Gasteiger partial charge in [-0.15, -0.1) is 35.3 Å². The molecule has 0 aliphatic carbocycles. The normalized spacial score (nSPS) is 12.3. The predicted molar refractivity (Wildman–Crippen MR) is 135 cm³/mol. The number of nitrogens with one attached hydrogen (secondary N) is 2. The molecule has 29 heavy (non-hydrogen) atoms. The van der Waals surface area contributed by atoms with E-state index in [9.17, 15) is 8.42 Å². The summed E-state index contributed by atoms with van der Waals surface area (Å²) in [4.78, 5) is 6.00. The number of hydrogen-bond donors (Lipinski definition) is 2. The fourth-order valence-electron chi connectivity index (χ4n) is 2.76. The van der Waals surface area contributed by atoms with Crippen LogP contribution < -0.4 is 10.6 Å². The van der Waals surface area contributed by atoms with E-state index in [-0.39, 0.29) is 40.9 Å². The van der Waals surface area contributed by atoms with Crippen LogP contribution in [0, 0.1) is 0 Å². The largest absolute Gasteiger partial charge is 0.357 e. The first kappa shape index (κ1) is 25.9. The quantitative estimate of drug-likeness (QED) is 0.202. The molecule has 0 aliphatic heterocycles. The first-order chi connectivity index (χ1) is 13.3. The molecule has 1 heterocycles. The van der Waals surface area contributed by atoms with E-state index in [1.165, 1.54) is 4.88 Å². The summed E-state index contributed by atoms with van der Waals surface area (Å²) in [5.74, 6) is 0.985. The molecule has 0 saturated carbocycles. The number of rotatable bonds is 10. The molecule has 8 heteroatoms. The Morgan fingerprint density at radius 3 is 2.45 bits per heavy atom. The van der Waals surface area contributed by atoms with Gasteiger partial charge >= 0.3 is 0 Å². The maximum Gasteiger partial charge on any atom is 0.191 e. The molecule has 2 rings (SSSR count). The molecular formula is C21H32IN3O2S2. The van der Waals surface area contributed by atoms with Crippen LogP contribution in [0.1, 0.15) is 37.6 Å². The molecule has 0 radical (unpaired) electrons. The van der Waals surface area contributed by atoms with Gasteiger partial charge in [-0.3, -0.25) is 4.99 Å². The maximum atomic E-state index is 12.3. The Hall–Kier alpha value is -1.13. The van der Waals surface area contributed by atoms with E-state index in [0.717, 1.165) is 18.1 Å². The lowest BCUT2D eigenvalue weighted by molar-refractivity contribution is 0.548. The monoisotopic (exact) mass is 549 g/mol. The smallest absolute Gasteiger partial charge is 0.191 e. The Bertz CT molecular complexity index is 836. The van der Waals surface area contributed by atoms with Crippen molar-refractivity contribution in [3.05, 3.63) is 58.3 Å². The number of nitrogens with zero attached hydrogens (tertiary/aromatic N) is 1. The van der Waals surface area contributed by atoms with Gasteiger partial charge in [-0.2, -0.15) is 0 Å². The molecule has 0 spiro atoms. The summed E-state index contributed by atoms with van der Waals surface area (Å²) in [5, 5.41) is 8.57. The van der Waals surface area contributed by atoms with Crippen LogP contribution >= 0.6 is 35.3 Å². The third-order valence-electron chi connectivity index (χ3n) is 4.32. The number of guanidine groups is 1. The number of aliphatic imine (C=N–C) groups is 1. The SMILES string of the molecule is CCNC(=NCC(C)(C)c1cccs1)NCCCS(=O)(=O)Cc1ccccc1.I. The summed E-state index contributed by atoms with van der Waals surface area (Å²) in [6.45, 7) is 8.38. The highest BCUT2D eigenvalue weighted by atomic mass is 127. The molecule has 2 N–H and O–H groups in total. The summed E-state index contributed by atoms with van der Waals surface area (Å²) in [7, 11) is -3.11. The highest BCUT2D eigenvalue weighted by Gasteiger charge is 2.21. The third-order valence-corrected chi connectivity index (χ3v) is 7.24. The van der Waals surface area contributed by atoms with Gasteiger partial charge in [-0.1, -0.05) is 50.2 Å². The molecule has 0 bridgehead atoms. The van der Waals surface area contributed by atoms with Crippen molar-refractivity contribution in [3.8, 4) is 0 Å². The summed E-state index contributed by atoms with van der Waals surface area (Å²) < 4.78 is 24.6. The van der Waals surface area contributed by atoms with E-state index < -0.39 is 9.84 Å². The first-order valence-corrected chi connectivity index (χ1v) is 12.3. The molecule has 5 nitrogen and oxygen atoms in total. The molecule has 0 atom stereocenters. The van der Waals surface area contributed by atoms with E-state index in [1.807, 2.05) is 37.3 Å². The molecule has 0 aliphatic rings. The van der Waals surface area contributed by atoms with Crippen LogP contribution in [0.3, 0.4) is 0 Å². The van der Waals surface area contributed by atoms with Crippen molar-refractivity contribution >= 4 is 51.1 Å². The van der Waals surface area contributed by atoms with E-state index in [0.29, 0.717) is 19.5 Å². The summed E-state index contributed by atoms with van der Waals surface area (Å²) in [6.07, 6.45) is 0.550. The number of sulfone groups is 1. The molecule has 0 unspecified atom stereocenters. The van der Waals surface area contributed by atoms with Crippen molar-refractivity contribution in [1.82, 2.24) is 10.6 Å². The van der Waals surface area contributed by atoms with Gasteiger partial charge < -0.3 is 10.6 Å². The van der Waals surface area contributed by atoms with Crippen molar-refractivity contribution in [3.63, 3.8) is 0 Å². The average molecular weight is 550 g/mol. The Balaban J connectivity index is 0.00000420. The minimum absolute atomic E-state index is 0. The second-order valence-electron chi connectivity index (χ2n) is 7.41. The lowest BCUT2D eigenvalue weighted by Gasteiger charge is -2.21. The number of benzene rings is 1. The topological polar surface area (TPSA) is 70.6 Å². The molecule has 0 amide bonds. The minimum atomic E-state index is -3.11. The Kier molecular flexibility index (Phi) is 11.2. The zero-order valence-corrected chi connectivity index (χ0v) is 21.3. The average Bonchev–Trinajstić information content (AvgIpc) is 3.19. The van der Waals surface area contributed by atoms with Crippen LogP contribution in [0.5, 0.6) is 0 Å². The van der Waals surface area contributed by atoms with E-state index >= 15 is 0 Å². The third kappa shape index (κ3) is 9.48. The van der Waals surface area contributed by atoms with Crippen molar-refractivity contribution < 1.29 is 8.42 Å². The lowest BCUT2D eigenvalue weighted by Crippen LogP contribution is -2.39. The van der Waals surface area contributed by atoms with Crippen LogP contribution in [0.25, 0.3) is 0 Å². The van der Waals surface area contributed by atoms with E-state index in [4.69, 9.17) is 4.99 Å². The lowest BCUT2D eigenvalue weighted by atomic mass is 9.92. The molecule has 0 saturated heterocycles. The molecule has 2 aromatic rings. The van der Waals surface area contributed by atoms with Crippen molar-refractivity contribution in [2.45, 2.75) is 38.4 Å². The fraction of sp³-hybridized carbons (Fsp3) is 0.476. The van der Waals surface area contributed by atoms with Crippen LogP contribution in [-0.2, 0) is 21.0 Å². The highest BCUT2D eigenvalue weighted by Crippen LogP contribution is 2.27. The van der Waals surface area contributed by atoms with Gasteiger partial charge in [0.05, 0.1) is 18.1 Å². The van der Waals surface area contributed by atoms with Gasteiger partial charge in [-0.25, -0.2) is 8.42 Å². The van der Waals surface area contributed by atoms with Gasteiger partial charge in [0.2, 0.25) is 0 Å². The number of hydrogen-bond acceptors (Lipinski definition) is 4. The van der Waals surface area contributed by atoms with Gasteiger partial charge in [-0.05, 0) is 30.4 Å². The van der Waals surface area contributed by atoms with Crippen LogP contribution in [0.2, 0.25) is 0 Å². The van der Waals surface area contributed by atoms with Crippen LogP contribution in [-0.4, -0.2) is 39.8 Å². The summed E-state index contributed by atoms with van der Waals surface area (Å²) >= 11 is 1.74. The second-order valence-corrected chi connectivity index (χ2v) is 10.5. The standard InChI is InChI=1S/C21H31N3O2S2.HI/c1-4-22-20(24-17-21(2,3)19-12-8-14-27-19)23-13-9-15-28(25,26)16-18-10-6-5-7-11-18;/h5-8,10-12,14H,4,9,13,15-17H2,1-3H3,(H2,22,23,24);1H. The van der Waals surface area contributed by atoms with Gasteiger partial charge in [0, 0.05) is 23.4 Å². The van der Waals surface area contributed by atoms with Gasteiger partial charge in [0.25, 0.3) is 0 Å². The zero-order chi connectivity index (χ0) is 20.5. The fourth-order valence-corrected chi connectivity index (χ4v) is 5.03. The highest BCUT2D eigenvalue weighted by molar-refractivity contribution is 14.0. The molecule has 1 aromatic carbocycles.